The van der Waals surface area contributed by atoms with Gasteiger partial charge in [0.2, 0.25) is 5.89 Å². The molecule has 1 heterocycles. The van der Waals surface area contributed by atoms with Crippen molar-refractivity contribution in [1.29, 1.82) is 0 Å². The van der Waals surface area contributed by atoms with Crippen molar-refractivity contribution in [1.82, 2.24) is 10.3 Å². The average molecular weight is 396 g/mol. The standard InChI is InChI=1S/C23H28N2O4/c1-6-16(15-11-7-9-13-18(15)29-23(4,5)21(26)27)25-22(2,3)20-24-17-12-8-10-14-19(17)28-20/h7-14,16,25H,6H2,1-5H3,(H,26,27). The van der Waals surface area contributed by atoms with Crippen molar-refractivity contribution in [3.8, 4) is 5.75 Å². The zero-order valence-corrected chi connectivity index (χ0v) is 17.5. The molecule has 1 atom stereocenters. The number of hydrogen-bond donors (Lipinski definition) is 2. The molecule has 0 saturated carbocycles. The van der Waals surface area contributed by atoms with Crippen LogP contribution in [0.3, 0.4) is 0 Å². The maximum Gasteiger partial charge on any atom is 0.347 e. The number of oxazole rings is 1. The first kappa shape index (κ1) is 20.9. The Labute approximate surface area is 170 Å². The number of rotatable bonds is 8. The minimum absolute atomic E-state index is 0.0826. The van der Waals surface area contributed by atoms with Crippen molar-refractivity contribution < 1.29 is 19.1 Å². The Bertz CT molecular complexity index is 974. The fourth-order valence-electron chi connectivity index (χ4n) is 3.22. The summed E-state index contributed by atoms with van der Waals surface area (Å²) >= 11 is 0. The summed E-state index contributed by atoms with van der Waals surface area (Å²) in [5.74, 6) is 0.133. The molecule has 29 heavy (non-hydrogen) atoms. The topological polar surface area (TPSA) is 84.6 Å². The van der Waals surface area contributed by atoms with Gasteiger partial charge in [0, 0.05) is 11.6 Å². The molecule has 0 aliphatic rings. The van der Waals surface area contributed by atoms with Gasteiger partial charge in [-0.2, -0.15) is 0 Å². The summed E-state index contributed by atoms with van der Waals surface area (Å²) < 4.78 is 11.8. The van der Waals surface area contributed by atoms with Crippen molar-refractivity contribution >= 4 is 17.1 Å². The van der Waals surface area contributed by atoms with E-state index in [-0.39, 0.29) is 6.04 Å². The number of hydrogen-bond acceptors (Lipinski definition) is 5. The molecule has 1 unspecified atom stereocenters. The monoisotopic (exact) mass is 396 g/mol. The van der Waals surface area contributed by atoms with Crippen LogP contribution in [0.5, 0.6) is 5.75 Å². The Morgan fingerprint density at radius 2 is 1.79 bits per heavy atom. The van der Waals surface area contributed by atoms with Crippen molar-refractivity contribution in [2.45, 2.75) is 58.2 Å². The Hall–Kier alpha value is -2.86. The third-order valence-electron chi connectivity index (χ3n) is 4.95. The summed E-state index contributed by atoms with van der Waals surface area (Å²) in [6.45, 7) is 9.19. The molecule has 0 saturated heterocycles. The van der Waals surface area contributed by atoms with Gasteiger partial charge in [0.15, 0.2) is 11.2 Å². The highest BCUT2D eigenvalue weighted by atomic mass is 16.5. The molecule has 3 rings (SSSR count). The van der Waals surface area contributed by atoms with Crippen LogP contribution < -0.4 is 10.1 Å². The van der Waals surface area contributed by atoms with Crippen LogP contribution in [0, 0.1) is 0 Å². The van der Waals surface area contributed by atoms with E-state index in [9.17, 15) is 9.90 Å². The predicted octanol–water partition coefficient (Wildman–Crippen LogP) is 5.05. The van der Waals surface area contributed by atoms with E-state index in [4.69, 9.17) is 9.15 Å². The second-order valence-electron chi connectivity index (χ2n) is 8.17. The number of aliphatic carboxylic acids is 1. The maximum atomic E-state index is 11.5. The minimum atomic E-state index is -1.33. The Morgan fingerprint density at radius 3 is 2.45 bits per heavy atom. The molecule has 2 aromatic carbocycles. The average Bonchev–Trinajstić information content (AvgIpc) is 3.11. The van der Waals surface area contributed by atoms with Gasteiger partial charge in [-0.1, -0.05) is 37.3 Å². The number of benzene rings is 2. The Morgan fingerprint density at radius 1 is 1.14 bits per heavy atom. The second-order valence-corrected chi connectivity index (χ2v) is 8.17. The molecule has 0 radical (unpaired) electrons. The second kappa shape index (κ2) is 7.87. The van der Waals surface area contributed by atoms with E-state index in [1.807, 2.05) is 56.3 Å². The fourth-order valence-corrected chi connectivity index (χ4v) is 3.22. The number of carbonyl (C=O) groups is 1. The Balaban J connectivity index is 1.90. The van der Waals surface area contributed by atoms with Crippen LogP contribution in [-0.2, 0) is 10.3 Å². The molecule has 0 bridgehead atoms. The van der Waals surface area contributed by atoms with Crippen LogP contribution in [-0.4, -0.2) is 21.7 Å². The molecular weight excluding hydrogens is 368 g/mol. The molecule has 6 nitrogen and oxygen atoms in total. The van der Waals surface area contributed by atoms with E-state index in [1.54, 1.807) is 19.9 Å². The maximum absolute atomic E-state index is 11.5. The number of nitrogens with zero attached hydrogens (tertiary/aromatic N) is 1. The number of fused-ring (bicyclic) bond motifs is 1. The lowest BCUT2D eigenvalue weighted by atomic mass is 9.97. The fraction of sp³-hybridized carbons (Fsp3) is 0.391. The van der Waals surface area contributed by atoms with Gasteiger partial charge in [0.05, 0.1) is 5.54 Å². The molecule has 0 fully saturated rings. The molecule has 0 spiro atoms. The molecular formula is C23H28N2O4. The van der Waals surface area contributed by atoms with Gasteiger partial charge in [0.1, 0.15) is 11.3 Å². The van der Waals surface area contributed by atoms with Crippen molar-refractivity contribution in [3.05, 3.63) is 60.0 Å². The lowest BCUT2D eigenvalue weighted by Gasteiger charge is -2.31. The molecule has 1 aromatic heterocycles. The van der Waals surface area contributed by atoms with E-state index in [0.717, 1.165) is 23.1 Å². The van der Waals surface area contributed by atoms with Crippen LogP contribution in [0.25, 0.3) is 11.1 Å². The van der Waals surface area contributed by atoms with Gasteiger partial charge in [0.25, 0.3) is 0 Å². The van der Waals surface area contributed by atoms with Crippen LogP contribution >= 0.6 is 0 Å². The van der Waals surface area contributed by atoms with Crippen molar-refractivity contribution in [3.63, 3.8) is 0 Å². The van der Waals surface area contributed by atoms with Crippen LogP contribution in [0.2, 0.25) is 0 Å². The van der Waals surface area contributed by atoms with Gasteiger partial charge in [-0.15, -0.1) is 0 Å². The largest absolute Gasteiger partial charge is 0.478 e. The number of para-hydroxylation sites is 3. The SMILES string of the molecule is CCC(NC(C)(C)c1nc2ccccc2o1)c1ccccc1OC(C)(C)C(=O)O. The molecule has 0 aliphatic heterocycles. The first-order valence-corrected chi connectivity index (χ1v) is 9.79. The van der Waals surface area contributed by atoms with Crippen LogP contribution in [0.1, 0.15) is 58.5 Å². The summed E-state index contributed by atoms with van der Waals surface area (Å²) in [7, 11) is 0. The van der Waals surface area contributed by atoms with E-state index in [0.29, 0.717) is 11.6 Å². The highest BCUT2D eigenvalue weighted by Crippen LogP contribution is 2.34. The summed E-state index contributed by atoms with van der Waals surface area (Å²) in [5, 5.41) is 13.0. The quantitative estimate of drug-likeness (QED) is 0.554. The predicted molar refractivity (Wildman–Crippen MR) is 112 cm³/mol. The number of aromatic nitrogens is 1. The van der Waals surface area contributed by atoms with E-state index < -0.39 is 17.1 Å². The van der Waals surface area contributed by atoms with E-state index in [2.05, 4.69) is 17.2 Å². The Kier molecular flexibility index (Phi) is 5.66. The van der Waals surface area contributed by atoms with E-state index >= 15 is 0 Å². The number of carboxylic acids is 1. The number of nitrogens with one attached hydrogen (secondary N) is 1. The molecule has 0 amide bonds. The van der Waals surface area contributed by atoms with Gasteiger partial charge < -0.3 is 14.3 Å². The zero-order chi connectivity index (χ0) is 21.2. The van der Waals surface area contributed by atoms with E-state index in [1.165, 1.54) is 0 Å². The first-order valence-electron chi connectivity index (χ1n) is 9.79. The molecule has 0 aliphatic carbocycles. The van der Waals surface area contributed by atoms with Crippen molar-refractivity contribution in [2.24, 2.45) is 0 Å². The minimum Gasteiger partial charge on any atom is -0.478 e. The smallest absolute Gasteiger partial charge is 0.347 e. The molecule has 6 heteroatoms. The van der Waals surface area contributed by atoms with Crippen LogP contribution in [0.4, 0.5) is 0 Å². The van der Waals surface area contributed by atoms with Gasteiger partial charge in [-0.25, -0.2) is 9.78 Å². The third kappa shape index (κ3) is 4.43. The summed E-state index contributed by atoms with van der Waals surface area (Å²) in [4.78, 5) is 16.1. The lowest BCUT2D eigenvalue weighted by Crippen LogP contribution is -2.41. The number of carboxylic acid groups (broad SMARTS) is 1. The van der Waals surface area contributed by atoms with Gasteiger partial charge in [-0.3, -0.25) is 5.32 Å². The molecule has 2 N–H and O–H groups in total. The van der Waals surface area contributed by atoms with Gasteiger partial charge in [-0.05, 0) is 52.3 Å². The zero-order valence-electron chi connectivity index (χ0n) is 17.5. The lowest BCUT2D eigenvalue weighted by molar-refractivity contribution is -0.152. The molecule has 3 aromatic rings. The summed E-state index contributed by atoms with van der Waals surface area (Å²) in [6.07, 6.45) is 0.775. The first-order chi connectivity index (χ1) is 13.6. The van der Waals surface area contributed by atoms with Gasteiger partial charge >= 0.3 is 5.97 Å². The summed E-state index contributed by atoms with van der Waals surface area (Å²) in [6, 6.07) is 15.1. The van der Waals surface area contributed by atoms with Crippen LogP contribution in [0.15, 0.2) is 52.9 Å². The normalized spacial score (nSPS) is 13.4. The highest BCUT2D eigenvalue weighted by Gasteiger charge is 2.33. The summed E-state index contributed by atoms with van der Waals surface area (Å²) in [5.41, 5.74) is 0.586. The third-order valence-corrected chi connectivity index (χ3v) is 4.95. The number of ether oxygens (including phenoxy) is 1. The van der Waals surface area contributed by atoms with Crippen molar-refractivity contribution in [2.75, 3.05) is 0 Å². The highest BCUT2D eigenvalue weighted by molar-refractivity contribution is 5.77. The molecule has 154 valence electrons.